The second-order valence-corrected chi connectivity index (χ2v) is 7.91. The Morgan fingerprint density at radius 2 is 2.00 bits per heavy atom. The number of furan rings is 1. The highest BCUT2D eigenvalue weighted by molar-refractivity contribution is 6.10. The molecule has 156 valence electrons. The Labute approximate surface area is 179 Å². The van der Waals surface area contributed by atoms with Gasteiger partial charge in [-0.2, -0.15) is 5.10 Å². The molecule has 0 saturated heterocycles. The zero-order valence-electron chi connectivity index (χ0n) is 17.0. The number of rotatable bonds is 6. The third-order valence-corrected chi connectivity index (χ3v) is 5.78. The van der Waals surface area contributed by atoms with E-state index in [1.165, 1.54) is 25.3 Å². The lowest BCUT2D eigenvalue weighted by molar-refractivity contribution is -0.117. The van der Waals surface area contributed by atoms with E-state index >= 15 is 0 Å². The molecule has 31 heavy (non-hydrogen) atoms. The Kier molecular flexibility index (Phi) is 5.08. The molecule has 4 aromatic rings. The largest absolute Gasteiger partial charge is 0.461 e. The number of benzene rings is 1. The second kappa shape index (κ2) is 8.18. The van der Waals surface area contributed by atoms with Crippen LogP contribution in [0.5, 0.6) is 0 Å². The first-order chi connectivity index (χ1) is 15.2. The molecule has 0 bridgehead atoms. The summed E-state index contributed by atoms with van der Waals surface area (Å²) in [6, 6.07) is 12.8. The van der Waals surface area contributed by atoms with E-state index < -0.39 is 0 Å². The van der Waals surface area contributed by atoms with Crippen LogP contribution in [0.1, 0.15) is 48.2 Å². The number of hydrogen-bond acceptors (Lipinski definition) is 5. The van der Waals surface area contributed by atoms with Crippen LogP contribution in [0.3, 0.4) is 0 Å². The van der Waals surface area contributed by atoms with Gasteiger partial charge in [0.15, 0.2) is 11.4 Å². The van der Waals surface area contributed by atoms with Gasteiger partial charge in [0.2, 0.25) is 11.7 Å². The van der Waals surface area contributed by atoms with E-state index in [0.29, 0.717) is 23.5 Å². The minimum atomic E-state index is -0.266. The van der Waals surface area contributed by atoms with Crippen LogP contribution in [0.4, 0.5) is 5.69 Å². The smallest absolute Gasteiger partial charge is 0.233 e. The summed E-state index contributed by atoms with van der Waals surface area (Å²) in [4.78, 5) is 29.5. The van der Waals surface area contributed by atoms with Crippen LogP contribution in [0.2, 0.25) is 0 Å². The van der Waals surface area contributed by atoms with Crippen LogP contribution < -0.4 is 5.32 Å². The minimum absolute atomic E-state index is 0.0503. The first-order valence-corrected chi connectivity index (χ1v) is 10.5. The lowest BCUT2D eigenvalue weighted by atomic mass is 10.0. The van der Waals surface area contributed by atoms with Gasteiger partial charge in [-0.05, 0) is 49.1 Å². The van der Waals surface area contributed by atoms with Gasteiger partial charge in [-0.25, -0.2) is 9.50 Å². The molecule has 0 unspecified atom stereocenters. The highest BCUT2D eigenvalue weighted by Gasteiger charge is 2.20. The Bertz CT molecular complexity index is 1240. The number of aromatic nitrogens is 3. The topological polar surface area (TPSA) is 89.5 Å². The van der Waals surface area contributed by atoms with Gasteiger partial charge in [0.05, 0.1) is 23.7 Å². The third kappa shape index (κ3) is 3.86. The summed E-state index contributed by atoms with van der Waals surface area (Å²) in [7, 11) is 0. The van der Waals surface area contributed by atoms with Crippen molar-refractivity contribution < 1.29 is 14.0 Å². The molecule has 7 nitrogen and oxygen atoms in total. The van der Waals surface area contributed by atoms with Crippen LogP contribution in [0, 0.1) is 5.92 Å². The van der Waals surface area contributed by atoms with Gasteiger partial charge in [0.25, 0.3) is 0 Å². The molecular formula is C24H22N4O3. The maximum absolute atomic E-state index is 12.7. The number of anilines is 1. The molecule has 5 rings (SSSR count). The van der Waals surface area contributed by atoms with Crippen molar-refractivity contribution in [1.82, 2.24) is 14.6 Å². The fraction of sp³-hybridized carbons (Fsp3) is 0.250. The molecule has 1 aliphatic carbocycles. The predicted molar refractivity (Wildman–Crippen MR) is 116 cm³/mol. The zero-order chi connectivity index (χ0) is 21.2. The van der Waals surface area contributed by atoms with Crippen LogP contribution in [0.15, 0.2) is 65.5 Å². The van der Waals surface area contributed by atoms with Crippen molar-refractivity contribution in [2.45, 2.75) is 32.1 Å². The first kappa shape index (κ1) is 19.2. The summed E-state index contributed by atoms with van der Waals surface area (Å²) in [6.45, 7) is 0. The van der Waals surface area contributed by atoms with Crippen LogP contribution in [-0.2, 0) is 4.79 Å². The van der Waals surface area contributed by atoms with Crippen molar-refractivity contribution in [3.63, 3.8) is 0 Å². The third-order valence-electron chi connectivity index (χ3n) is 5.78. The highest BCUT2D eigenvalue weighted by Crippen LogP contribution is 2.28. The van der Waals surface area contributed by atoms with Gasteiger partial charge >= 0.3 is 0 Å². The molecule has 1 amide bonds. The van der Waals surface area contributed by atoms with E-state index in [4.69, 9.17) is 4.42 Å². The normalized spacial score (nSPS) is 14.2. The lowest BCUT2D eigenvalue weighted by Crippen LogP contribution is -2.15. The van der Waals surface area contributed by atoms with E-state index in [1.807, 2.05) is 30.3 Å². The number of carbonyl (C=O) groups excluding carboxylic acids is 2. The van der Waals surface area contributed by atoms with Crippen molar-refractivity contribution in [1.29, 1.82) is 0 Å². The molecule has 1 aromatic carbocycles. The number of ketones is 1. The fourth-order valence-electron chi connectivity index (χ4n) is 4.26. The molecular weight excluding hydrogens is 392 g/mol. The molecule has 1 saturated carbocycles. The average Bonchev–Trinajstić information content (AvgIpc) is 3.54. The standard InChI is InChI=1S/C24H22N4O3/c29-22(13-16-5-1-2-6-16)27-18-8-3-7-17(14-18)20-10-11-25-24-19(15-26-28(20)24)23(30)21-9-4-12-31-21/h3-4,7-12,14-16H,1-2,5-6,13H2,(H,27,29). The minimum Gasteiger partial charge on any atom is -0.461 e. The maximum Gasteiger partial charge on any atom is 0.233 e. The molecule has 1 N–H and O–H groups in total. The number of nitrogens with zero attached hydrogens (tertiary/aromatic N) is 3. The van der Waals surface area contributed by atoms with E-state index in [0.717, 1.165) is 29.8 Å². The lowest BCUT2D eigenvalue weighted by Gasteiger charge is -2.11. The molecule has 3 heterocycles. The molecule has 0 atom stereocenters. The van der Waals surface area contributed by atoms with Crippen LogP contribution in [-0.4, -0.2) is 26.3 Å². The molecule has 0 radical (unpaired) electrons. The van der Waals surface area contributed by atoms with Gasteiger partial charge in [-0.1, -0.05) is 25.0 Å². The molecule has 0 spiro atoms. The summed E-state index contributed by atoms with van der Waals surface area (Å²) in [5.41, 5.74) is 3.21. The van der Waals surface area contributed by atoms with Crippen LogP contribution in [0.25, 0.3) is 16.9 Å². The fourth-order valence-corrected chi connectivity index (χ4v) is 4.26. The number of carbonyl (C=O) groups is 2. The van der Waals surface area contributed by atoms with Gasteiger partial charge < -0.3 is 9.73 Å². The Morgan fingerprint density at radius 3 is 2.81 bits per heavy atom. The van der Waals surface area contributed by atoms with E-state index in [1.54, 1.807) is 22.8 Å². The van der Waals surface area contributed by atoms with E-state index in [2.05, 4.69) is 15.4 Å². The van der Waals surface area contributed by atoms with Gasteiger partial charge in [-0.3, -0.25) is 9.59 Å². The van der Waals surface area contributed by atoms with Gasteiger partial charge in [0.1, 0.15) is 0 Å². The molecule has 3 aromatic heterocycles. The Morgan fingerprint density at radius 1 is 1.13 bits per heavy atom. The second-order valence-electron chi connectivity index (χ2n) is 7.91. The van der Waals surface area contributed by atoms with E-state index in [9.17, 15) is 9.59 Å². The number of fused-ring (bicyclic) bond motifs is 1. The Hall–Kier alpha value is -3.74. The predicted octanol–water partition coefficient (Wildman–Crippen LogP) is 4.74. The van der Waals surface area contributed by atoms with Crippen molar-refractivity contribution >= 4 is 23.0 Å². The van der Waals surface area contributed by atoms with Gasteiger partial charge in [-0.15, -0.1) is 0 Å². The summed E-state index contributed by atoms with van der Waals surface area (Å²) in [5, 5.41) is 7.41. The van der Waals surface area contributed by atoms with Crippen molar-refractivity contribution in [3.05, 3.63) is 72.4 Å². The summed E-state index contributed by atoms with van der Waals surface area (Å²) < 4.78 is 6.86. The summed E-state index contributed by atoms with van der Waals surface area (Å²) in [6.07, 6.45) is 9.91. The average molecular weight is 414 g/mol. The van der Waals surface area contributed by atoms with Crippen LogP contribution >= 0.6 is 0 Å². The molecule has 1 fully saturated rings. The Balaban J connectivity index is 1.42. The summed E-state index contributed by atoms with van der Waals surface area (Å²) in [5.74, 6) is 0.526. The SMILES string of the molecule is O=C(CC1CCCC1)Nc1cccc(-c2ccnc3c(C(=O)c4ccco4)cnn23)c1. The van der Waals surface area contributed by atoms with Crippen molar-refractivity contribution in [2.75, 3.05) is 5.32 Å². The number of amides is 1. The monoisotopic (exact) mass is 414 g/mol. The number of hydrogen-bond donors (Lipinski definition) is 1. The summed E-state index contributed by atoms with van der Waals surface area (Å²) >= 11 is 0. The highest BCUT2D eigenvalue weighted by atomic mass is 16.3. The molecule has 7 heteroatoms. The van der Waals surface area contributed by atoms with Crippen molar-refractivity contribution in [2.24, 2.45) is 5.92 Å². The van der Waals surface area contributed by atoms with E-state index in [-0.39, 0.29) is 17.5 Å². The first-order valence-electron chi connectivity index (χ1n) is 10.5. The zero-order valence-corrected chi connectivity index (χ0v) is 17.0. The van der Waals surface area contributed by atoms with Gasteiger partial charge in [0, 0.05) is 23.9 Å². The number of nitrogens with one attached hydrogen (secondary N) is 1. The molecule has 0 aliphatic heterocycles. The van der Waals surface area contributed by atoms with Crippen molar-refractivity contribution in [3.8, 4) is 11.3 Å². The maximum atomic E-state index is 12.7. The molecule has 1 aliphatic rings. The quantitative estimate of drug-likeness (QED) is 0.460.